The smallest absolute Gasteiger partial charge is 0.329 e. The average Bonchev–Trinajstić information content (AvgIpc) is 2.46. The topological polar surface area (TPSA) is 102 Å². The Hall–Kier alpha value is -2.09. The molecular weight excluding hydrogens is 310 g/mol. The van der Waals surface area contributed by atoms with E-state index in [1.54, 1.807) is 28.1 Å². The van der Waals surface area contributed by atoms with E-state index in [0.29, 0.717) is 0 Å². The van der Waals surface area contributed by atoms with Crippen molar-refractivity contribution in [1.82, 2.24) is 0 Å². The van der Waals surface area contributed by atoms with Gasteiger partial charge in [-0.1, -0.05) is 26.0 Å². The lowest BCUT2D eigenvalue weighted by Crippen LogP contribution is -2.19. The van der Waals surface area contributed by atoms with Crippen molar-refractivity contribution in [3.63, 3.8) is 0 Å². The van der Waals surface area contributed by atoms with Gasteiger partial charge in [0.1, 0.15) is 0 Å². The van der Waals surface area contributed by atoms with Crippen LogP contribution in [0.25, 0.3) is 0 Å². The molecule has 7 nitrogen and oxygen atoms in total. The first-order valence-electron chi connectivity index (χ1n) is 6.51. The molecule has 0 heterocycles. The summed E-state index contributed by atoms with van der Waals surface area (Å²) >= 11 is 0. The second-order valence-electron chi connectivity index (χ2n) is 4.66. The molecule has 8 heteroatoms. The summed E-state index contributed by atoms with van der Waals surface area (Å²) in [5.41, 5.74) is 0. The molecule has 124 valence electrons. The number of carbonyl (C=O) groups is 1. The zero-order valence-corrected chi connectivity index (χ0v) is 13.8. The van der Waals surface area contributed by atoms with Crippen molar-refractivity contribution >= 4 is 16.5 Å². The van der Waals surface area contributed by atoms with E-state index < -0.39 is 22.5 Å². The third-order valence-corrected chi connectivity index (χ3v) is 2.91. The largest absolute Gasteiger partial charge is 0.493 e. The van der Waals surface area contributed by atoms with Crippen molar-refractivity contribution in [3.05, 3.63) is 24.3 Å². The van der Waals surface area contributed by atoms with Gasteiger partial charge in [0.05, 0.1) is 14.2 Å². The lowest BCUT2D eigenvalue weighted by molar-refractivity contribution is -0.138. The van der Waals surface area contributed by atoms with Crippen LogP contribution in [0.4, 0.5) is 0 Å². The monoisotopic (exact) mass is 331 g/mol. The Balaban J connectivity index is 0.000000406. The maximum absolute atomic E-state index is 10.4. The molecule has 1 aromatic carbocycles. The van der Waals surface area contributed by atoms with Gasteiger partial charge in [-0.25, -0.2) is 4.79 Å². The Morgan fingerprint density at radius 3 is 1.91 bits per heavy atom. The number of hydrogen-bond donors (Lipinski definition) is 1. The number of methoxy groups -OCH3 is 2. The van der Waals surface area contributed by atoms with Gasteiger partial charge in [-0.15, -0.1) is 0 Å². The van der Waals surface area contributed by atoms with E-state index in [1.165, 1.54) is 0 Å². The molecule has 0 fully saturated rings. The highest BCUT2D eigenvalue weighted by Gasteiger charge is 2.17. The maximum Gasteiger partial charge on any atom is 0.329 e. The van der Waals surface area contributed by atoms with E-state index in [9.17, 15) is 13.2 Å². The van der Waals surface area contributed by atoms with Crippen LogP contribution in [0.1, 0.15) is 20.3 Å². The molecular formula is C14H21NO6S. The molecule has 1 aromatic rings. The van der Waals surface area contributed by atoms with Crippen LogP contribution in [0.15, 0.2) is 28.6 Å². The molecule has 0 radical (unpaired) electrons. The molecule has 1 rings (SSSR count). The molecule has 0 aliphatic heterocycles. The van der Waals surface area contributed by atoms with Crippen molar-refractivity contribution in [3.8, 4) is 11.5 Å². The minimum atomic E-state index is -2.64. The number of aliphatic carboxylic acids is 1. The number of ether oxygens (including phenoxy) is 2. The van der Waals surface area contributed by atoms with Crippen molar-refractivity contribution in [2.75, 3.05) is 14.2 Å². The summed E-state index contributed by atoms with van der Waals surface area (Å²) in [4.78, 5) is 10.4. The van der Waals surface area contributed by atoms with E-state index in [2.05, 4.69) is 4.36 Å². The number of carboxylic acid groups (broad SMARTS) is 1. The van der Waals surface area contributed by atoms with E-state index in [-0.39, 0.29) is 12.3 Å². The lowest BCUT2D eigenvalue weighted by atomic mass is 10.1. The standard InChI is InChI=1S/C8H10O2.C6H11NO4S/c1-9-7-5-3-4-6-8(7)10-2;1-4(2)3-5(6(8)9)7-12(10)11/h3-6H,1-2H3;4-5H,3H2,1-2H3,(H,8,9). The SMILES string of the molecule is CC(C)CC(N=S(=O)=O)C(=O)O.COc1ccccc1OC. The summed E-state index contributed by atoms with van der Waals surface area (Å²) in [6, 6.07) is 6.39. The van der Waals surface area contributed by atoms with Gasteiger partial charge in [0.2, 0.25) is 0 Å². The van der Waals surface area contributed by atoms with Crippen LogP contribution in [0.3, 0.4) is 0 Å². The van der Waals surface area contributed by atoms with E-state index in [1.807, 2.05) is 24.3 Å². The summed E-state index contributed by atoms with van der Waals surface area (Å²) in [5.74, 6) is 0.446. The van der Waals surface area contributed by atoms with Crippen LogP contribution in [0.5, 0.6) is 11.5 Å². The van der Waals surface area contributed by atoms with Crippen molar-refractivity contribution in [2.45, 2.75) is 26.3 Å². The van der Waals surface area contributed by atoms with Gasteiger partial charge in [0.15, 0.2) is 17.5 Å². The summed E-state index contributed by atoms with van der Waals surface area (Å²) in [7, 11) is 0.607. The van der Waals surface area contributed by atoms with Crippen LogP contribution in [-0.4, -0.2) is 39.8 Å². The highest BCUT2D eigenvalue weighted by atomic mass is 32.2. The number of benzene rings is 1. The third-order valence-electron chi connectivity index (χ3n) is 2.48. The molecule has 1 atom stereocenters. The molecule has 0 aliphatic rings. The Kier molecular flexibility index (Phi) is 9.60. The molecule has 0 saturated heterocycles. The van der Waals surface area contributed by atoms with Crippen LogP contribution in [0, 0.1) is 5.92 Å². The fourth-order valence-electron chi connectivity index (χ4n) is 1.53. The maximum atomic E-state index is 10.4. The van der Waals surface area contributed by atoms with Gasteiger partial charge in [0, 0.05) is 0 Å². The Labute approximate surface area is 131 Å². The van der Waals surface area contributed by atoms with Gasteiger partial charge in [-0.2, -0.15) is 12.8 Å². The molecule has 0 bridgehead atoms. The van der Waals surface area contributed by atoms with E-state index >= 15 is 0 Å². The molecule has 0 aliphatic carbocycles. The van der Waals surface area contributed by atoms with Crippen molar-refractivity contribution in [1.29, 1.82) is 0 Å². The van der Waals surface area contributed by atoms with E-state index in [0.717, 1.165) is 11.5 Å². The van der Waals surface area contributed by atoms with Crippen LogP contribution in [0.2, 0.25) is 0 Å². The lowest BCUT2D eigenvalue weighted by Gasteiger charge is -2.06. The zero-order chi connectivity index (χ0) is 17.1. The highest BCUT2D eigenvalue weighted by Crippen LogP contribution is 2.24. The first-order chi connectivity index (χ1) is 10.3. The molecule has 0 spiro atoms. The van der Waals surface area contributed by atoms with Crippen molar-refractivity contribution < 1.29 is 27.8 Å². The van der Waals surface area contributed by atoms with Gasteiger partial charge in [0.25, 0.3) is 0 Å². The summed E-state index contributed by atoms with van der Waals surface area (Å²) in [5, 5.41) is 8.50. The molecule has 1 unspecified atom stereocenters. The second kappa shape index (κ2) is 10.6. The Morgan fingerprint density at radius 1 is 1.18 bits per heavy atom. The molecule has 22 heavy (non-hydrogen) atoms. The first kappa shape index (κ1) is 19.9. The second-order valence-corrected chi connectivity index (χ2v) is 5.31. The van der Waals surface area contributed by atoms with Crippen molar-refractivity contribution in [2.24, 2.45) is 10.3 Å². The number of nitrogens with zero attached hydrogens (tertiary/aromatic N) is 1. The number of rotatable bonds is 6. The molecule has 0 aromatic heterocycles. The van der Waals surface area contributed by atoms with Gasteiger partial charge in [-0.05, 0) is 24.5 Å². The summed E-state index contributed by atoms with van der Waals surface area (Å²) in [6.07, 6.45) is 0.239. The van der Waals surface area contributed by atoms with E-state index in [4.69, 9.17) is 14.6 Å². The quantitative estimate of drug-likeness (QED) is 0.857. The third kappa shape index (κ3) is 8.25. The van der Waals surface area contributed by atoms with Gasteiger partial charge < -0.3 is 14.6 Å². The minimum Gasteiger partial charge on any atom is -0.493 e. The fourth-order valence-corrected chi connectivity index (χ4v) is 1.91. The first-order valence-corrected chi connectivity index (χ1v) is 7.55. The molecule has 0 saturated carbocycles. The van der Waals surface area contributed by atoms with Crippen LogP contribution >= 0.6 is 0 Å². The number of para-hydroxylation sites is 2. The van der Waals surface area contributed by atoms with Crippen LogP contribution in [-0.2, 0) is 15.3 Å². The summed E-state index contributed by atoms with van der Waals surface area (Å²) < 4.78 is 33.2. The number of carboxylic acids is 1. The zero-order valence-electron chi connectivity index (χ0n) is 13.0. The Morgan fingerprint density at radius 2 is 1.64 bits per heavy atom. The van der Waals surface area contributed by atoms with Crippen LogP contribution < -0.4 is 9.47 Å². The minimum absolute atomic E-state index is 0.110. The number of hydrogen-bond acceptors (Lipinski definition) is 6. The summed E-state index contributed by atoms with van der Waals surface area (Å²) in [6.45, 7) is 3.61. The molecule has 1 N–H and O–H groups in total. The molecule has 0 amide bonds. The van der Waals surface area contributed by atoms with Gasteiger partial charge >= 0.3 is 16.5 Å². The predicted molar refractivity (Wildman–Crippen MR) is 81.8 cm³/mol. The van der Waals surface area contributed by atoms with Gasteiger partial charge in [-0.3, -0.25) is 0 Å². The fraction of sp³-hybridized carbons (Fsp3) is 0.500. The normalized spacial score (nSPS) is 11.0. The predicted octanol–water partition coefficient (Wildman–Crippen LogP) is 2.25. The Bertz CT molecular complexity index is 566. The average molecular weight is 331 g/mol. The highest BCUT2D eigenvalue weighted by molar-refractivity contribution is 7.61.